The van der Waals surface area contributed by atoms with Crippen LogP contribution < -0.4 is 5.32 Å². The van der Waals surface area contributed by atoms with Crippen LogP contribution in [0.2, 0.25) is 0 Å². The number of nitrogens with zero attached hydrogens (tertiary/aromatic N) is 1. The Morgan fingerprint density at radius 3 is 2.65 bits per heavy atom. The zero-order chi connectivity index (χ0) is 12.5. The molecular formula is C14H30N2O. The van der Waals surface area contributed by atoms with Gasteiger partial charge in [-0.15, -0.1) is 0 Å². The third-order valence-corrected chi connectivity index (χ3v) is 3.75. The maximum Gasteiger partial charge on any atom is 0.0456 e. The average Bonchev–Trinajstić information content (AvgIpc) is 2.36. The van der Waals surface area contributed by atoms with Gasteiger partial charge in [-0.3, -0.25) is 0 Å². The third kappa shape index (κ3) is 6.39. The summed E-state index contributed by atoms with van der Waals surface area (Å²) < 4.78 is 0. The van der Waals surface area contributed by atoms with E-state index in [1.807, 2.05) is 0 Å². The molecule has 1 atom stereocenters. The smallest absolute Gasteiger partial charge is 0.0456 e. The zero-order valence-electron chi connectivity index (χ0n) is 11.6. The maximum atomic E-state index is 8.94. The van der Waals surface area contributed by atoms with Gasteiger partial charge in [0, 0.05) is 12.6 Å². The van der Waals surface area contributed by atoms with Crippen LogP contribution in [0.15, 0.2) is 0 Å². The zero-order valence-corrected chi connectivity index (χ0v) is 11.6. The number of hydrogen-bond donors (Lipinski definition) is 2. The van der Waals surface area contributed by atoms with Crippen LogP contribution in [0.1, 0.15) is 46.0 Å². The molecule has 3 nitrogen and oxygen atoms in total. The summed E-state index contributed by atoms with van der Waals surface area (Å²) in [6, 6.07) is 0.729. The van der Waals surface area contributed by atoms with Gasteiger partial charge in [0.25, 0.3) is 0 Å². The number of rotatable bonds is 8. The van der Waals surface area contributed by atoms with Gasteiger partial charge in [-0.2, -0.15) is 0 Å². The second-order valence-electron chi connectivity index (χ2n) is 5.50. The lowest BCUT2D eigenvalue weighted by atomic mass is 10.0. The molecule has 0 aromatic heterocycles. The van der Waals surface area contributed by atoms with Gasteiger partial charge in [0.05, 0.1) is 0 Å². The molecule has 1 fully saturated rings. The Balaban J connectivity index is 1.99. The van der Waals surface area contributed by atoms with Gasteiger partial charge in [-0.25, -0.2) is 0 Å². The number of aliphatic hydroxyl groups is 1. The summed E-state index contributed by atoms with van der Waals surface area (Å²) in [5, 5.41) is 12.6. The molecule has 0 spiro atoms. The molecule has 0 radical (unpaired) electrons. The molecule has 1 aliphatic rings. The van der Waals surface area contributed by atoms with E-state index in [9.17, 15) is 0 Å². The molecule has 0 bridgehead atoms. The van der Waals surface area contributed by atoms with Crippen molar-refractivity contribution in [3.63, 3.8) is 0 Å². The highest BCUT2D eigenvalue weighted by Gasteiger charge is 2.17. The quantitative estimate of drug-likeness (QED) is 0.638. The van der Waals surface area contributed by atoms with Gasteiger partial charge < -0.3 is 15.3 Å². The van der Waals surface area contributed by atoms with Crippen LogP contribution in [0.3, 0.4) is 0 Å². The summed E-state index contributed by atoms with van der Waals surface area (Å²) >= 11 is 0. The molecule has 0 aromatic rings. The lowest BCUT2D eigenvalue weighted by Crippen LogP contribution is -2.42. The highest BCUT2D eigenvalue weighted by molar-refractivity contribution is 4.76. The first kappa shape index (κ1) is 14.9. The van der Waals surface area contributed by atoms with Crippen LogP contribution in [-0.4, -0.2) is 48.8 Å². The van der Waals surface area contributed by atoms with E-state index >= 15 is 0 Å². The largest absolute Gasteiger partial charge is 0.396 e. The molecule has 1 unspecified atom stereocenters. The van der Waals surface area contributed by atoms with Crippen molar-refractivity contribution in [3.8, 4) is 0 Å². The first-order valence-electron chi connectivity index (χ1n) is 7.32. The first-order valence-corrected chi connectivity index (χ1v) is 7.32. The Labute approximate surface area is 107 Å². The standard InChI is InChI=1S/C14H30N2O/c1-3-9-16-10-6-14(7-11-16)15-8-4-5-13(2)12-17/h13-15,17H,3-12H2,1-2H3. The Morgan fingerprint density at radius 1 is 1.35 bits per heavy atom. The minimum absolute atomic E-state index is 0.329. The molecule has 1 rings (SSSR count). The van der Waals surface area contributed by atoms with Crippen LogP contribution in [0.5, 0.6) is 0 Å². The van der Waals surface area contributed by atoms with E-state index in [-0.39, 0.29) is 0 Å². The first-order chi connectivity index (χ1) is 8.26. The van der Waals surface area contributed by atoms with E-state index in [0.29, 0.717) is 12.5 Å². The monoisotopic (exact) mass is 242 g/mol. The van der Waals surface area contributed by atoms with Gasteiger partial charge in [0.15, 0.2) is 0 Å². The number of piperidine rings is 1. The summed E-state index contributed by atoms with van der Waals surface area (Å²) in [5.41, 5.74) is 0. The number of aliphatic hydroxyl groups excluding tert-OH is 1. The lowest BCUT2D eigenvalue weighted by Gasteiger charge is -2.32. The van der Waals surface area contributed by atoms with Crippen molar-refractivity contribution in [3.05, 3.63) is 0 Å². The molecular weight excluding hydrogens is 212 g/mol. The van der Waals surface area contributed by atoms with Crippen LogP contribution in [-0.2, 0) is 0 Å². The Kier molecular flexibility index (Phi) is 7.82. The van der Waals surface area contributed by atoms with Crippen molar-refractivity contribution in [1.29, 1.82) is 0 Å². The Bertz CT molecular complexity index is 179. The van der Waals surface area contributed by atoms with Crippen molar-refractivity contribution < 1.29 is 5.11 Å². The highest BCUT2D eigenvalue weighted by Crippen LogP contribution is 2.11. The highest BCUT2D eigenvalue weighted by atomic mass is 16.3. The Hall–Kier alpha value is -0.120. The molecule has 17 heavy (non-hydrogen) atoms. The SMILES string of the molecule is CCCN1CCC(NCCCC(C)CO)CC1. The topological polar surface area (TPSA) is 35.5 Å². The fraction of sp³-hybridized carbons (Fsp3) is 1.00. The summed E-state index contributed by atoms with van der Waals surface area (Å²) in [6.07, 6.45) is 6.21. The van der Waals surface area contributed by atoms with Crippen LogP contribution in [0, 0.1) is 5.92 Å². The van der Waals surface area contributed by atoms with Crippen molar-refractivity contribution in [2.45, 2.75) is 52.0 Å². The molecule has 1 saturated heterocycles. The van der Waals surface area contributed by atoms with E-state index in [1.165, 1.54) is 45.3 Å². The number of likely N-dealkylation sites (tertiary alicyclic amines) is 1. The minimum atomic E-state index is 0.329. The minimum Gasteiger partial charge on any atom is -0.396 e. The van der Waals surface area contributed by atoms with Gasteiger partial charge in [0.2, 0.25) is 0 Å². The normalized spacial score (nSPS) is 20.6. The summed E-state index contributed by atoms with van der Waals surface area (Å²) in [4.78, 5) is 2.58. The number of hydrogen-bond acceptors (Lipinski definition) is 3. The van der Waals surface area contributed by atoms with Gasteiger partial charge in [-0.05, 0) is 64.2 Å². The lowest BCUT2D eigenvalue weighted by molar-refractivity contribution is 0.196. The predicted molar refractivity (Wildman–Crippen MR) is 73.2 cm³/mol. The average molecular weight is 242 g/mol. The van der Waals surface area contributed by atoms with Crippen molar-refractivity contribution in [2.24, 2.45) is 5.92 Å². The molecule has 1 aliphatic heterocycles. The molecule has 3 heteroatoms. The molecule has 102 valence electrons. The third-order valence-electron chi connectivity index (χ3n) is 3.75. The predicted octanol–water partition coefficient (Wildman–Crippen LogP) is 1.86. The molecule has 0 aliphatic carbocycles. The Morgan fingerprint density at radius 2 is 2.06 bits per heavy atom. The van der Waals surface area contributed by atoms with E-state index in [2.05, 4.69) is 24.1 Å². The van der Waals surface area contributed by atoms with Crippen LogP contribution in [0.4, 0.5) is 0 Å². The van der Waals surface area contributed by atoms with E-state index in [4.69, 9.17) is 5.11 Å². The second kappa shape index (κ2) is 8.90. The number of nitrogens with one attached hydrogen (secondary N) is 1. The van der Waals surface area contributed by atoms with Crippen molar-refractivity contribution in [2.75, 3.05) is 32.8 Å². The molecule has 0 aromatic carbocycles. The van der Waals surface area contributed by atoms with Gasteiger partial charge in [0.1, 0.15) is 0 Å². The summed E-state index contributed by atoms with van der Waals surface area (Å²) in [7, 11) is 0. The van der Waals surface area contributed by atoms with E-state index < -0.39 is 0 Å². The molecule has 1 heterocycles. The summed E-state index contributed by atoms with van der Waals surface area (Å²) in [5.74, 6) is 0.461. The summed E-state index contributed by atoms with van der Waals surface area (Å²) in [6.45, 7) is 9.60. The fourth-order valence-electron chi connectivity index (χ4n) is 2.52. The van der Waals surface area contributed by atoms with Crippen molar-refractivity contribution >= 4 is 0 Å². The van der Waals surface area contributed by atoms with E-state index in [0.717, 1.165) is 19.0 Å². The van der Waals surface area contributed by atoms with Crippen molar-refractivity contribution in [1.82, 2.24) is 10.2 Å². The van der Waals surface area contributed by atoms with Gasteiger partial charge in [-0.1, -0.05) is 13.8 Å². The molecule has 0 saturated carbocycles. The molecule has 2 N–H and O–H groups in total. The molecule has 0 amide bonds. The van der Waals surface area contributed by atoms with Crippen LogP contribution in [0.25, 0.3) is 0 Å². The fourth-order valence-corrected chi connectivity index (χ4v) is 2.52. The van der Waals surface area contributed by atoms with E-state index in [1.54, 1.807) is 0 Å². The second-order valence-corrected chi connectivity index (χ2v) is 5.50. The van der Waals surface area contributed by atoms with Gasteiger partial charge >= 0.3 is 0 Å². The maximum absolute atomic E-state index is 8.94. The van der Waals surface area contributed by atoms with Crippen LogP contribution >= 0.6 is 0 Å².